The van der Waals surface area contributed by atoms with E-state index in [2.05, 4.69) is 10.1 Å². The predicted molar refractivity (Wildman–Crippen MR) is 75.1 cm³/mol. The van der Waals surface area contributed by atoms with Crippen LogP contribution in [-0.4, -0.2) is 19.0 Å². The minimum atomic E-state index is -0.490. The molecule has 0 aliphatic carbocycles. The summed E-state index contributed by atoms with van der Waals surface area (Å²) in [5.74, 6) is -0.853. The minimum absolute atomic E-state index is 0.327. The number of carbonyl (C=O) groups is 2. The van der Waals surface area contributed by atoms with E-state index >= 15 is 0 Å². The van der Waals surface area contributed by atoms with Gasteiger partial charge in [0, 0.05) is 0 Å². The quantitative estimate of drug-likeness (QED) is 0.883. The molecule has 4 nitrogen and oxygen atoms in total. The molecule has 2 rings (SSSR count). The summed E-state index contributed by atoms with van der Waals surface area (Å²) in [5, 5.41) is 5.16. The summed E-state index contributed by atoms with van der Waals surface area (Å²) in [6.45, 7) is 0. The van der Waals surface area contributed by atoms with Gasteiger partial charge in [-0.05, 0) is 23.6 Å². The zero-order chi connectivity index (χ0) is 13.8. The number of methoxy groups -OCH3 is 1. The van der Waals surface area contributed by atoms with Gasteiger partial charge < -0.3 is 10.1 Å². The van der Waals surface area contributed by atoms with Gasteiger partial charge in [-0.3, -0.25) is 4.79 Å². The van der Waals surface area contributed by atoms with Gasteiger partial charge in [0.1, 0.15) is 5.00 Å². The second-order valence-electron chi connectivity index (χ2n) is 3.59. The highest BCUT2D eigenvalue weighted by atomic mass is 35.5. The molecule has 0 aliphatic rings. The van der Waals surface area contributed by atoms with Crippen LogP contribution in [0.4, 0.5) is 5.00 Å². The van der Waals surface area contributed by atoms with E-state index in [-0.39, 0.29) is 5.91 Å². The number of anilines is 1. The van der Waals surface area contributed by atoms with Gasteiger partial charge in [-0.1, -0.05) is 23.7 Å². The smallest absolute Gasteiger partial charge is 0.340 e. The highest BCUT2D eigenvalue weighted by Crippen LogP contribution is 2.25. The Hall–Kier alpha value is -1.85. The Kier molecular flexibility index (Phi) is 4.19. The number of amides is 1. The number of rotatable bonds is 3. The Morgan fingerprint density at radius 2 is 1.95 bits per heavy atom. The van der Waals surface area contributed by atoms with Crippen molar-refractivity contribution >= 4 is 39.8 Å². The monoisotopic (exact) mass is 295 g/mol. The highest BCUT2D eigenvalue weighted by Gasteiger charge is 2.17. The molecule has 1 N–H and O–H groups in total. The first-order valence-corrected chi connectivity index (χ1v) is 6.61. The minimum Gasteiger partial charge on any atom is -0.465 e. The third kappa shape index (κ3) is 2.94. The molecule has 0 aliphatic heterocycles. The molecule has 0 fully saturated rings. The van der Waals surface area contributed by atoms with Gasteiger partial charge in [0.25, 0.3) is 5.91 Å². The fraction of sp³-hybridized carbons (Fsp3) is 0.0769. The molecule has 1 aromatic heterocycles. The van der Waals surface area contributed by atoms with Crippen molar-refractivity contribution < 1.29 is 14.3 Å². The summed E-state index contributed by atoms with van der Waals surface area (Å²) in [5.41, 5.74) is 0.682. The lowest BCUT2D eigenvalue weighted by Crippen LogP contribution is -2.14. The van der Waals surface area contributed by atoms with Crippen LogP contribution in [0.2, 0.25) is 5.02 Å². The summed E-state index contributed by atoms with van der Waals surface area (Å²) >= 11 is 7.19. The van der Waals surface area contributed by atoms with Crippen molar-refractivity contribution in [3.63, 3.8) is 0 Å². The molecule has 6 heteroatoms. The maximum atomic E-state index is 12.1. The van der Waals surface area contributed by atoms with Gasteiger partial charge in [0.15, 0.2) is 0 Å². The van der Waals surface area contributed by atoms with Crippen molar-refractivity contribution in [1.29, 1.82) is 0 Å². The van der Waals surface area contributed by atoms with Crippen molar-refractivity contribution in [2.24, 2.45) is 0 Å². The molecule has 0 unspecified atom stereocenters. The Balaban J connectivity index is 2.23. The Labute approximate surface area is 119 Å². The largest absolute Gasteiger partial charge is 0.465 e. The topological polar surface area (TPSA) is 55.4 Å². The van der Waals surface area contributed by atoms with Crippen LogP contribution < -0.4 is 5.32 Å². The molecular formula is C13H10ClNO3S. The fourth-order valence-electron chi connectivity index (χ4n) is 1.49. The molecule has 98 valence electrons. The average Bonchev–Trinajstić information content (AvgIpc) is 2.86. The van der Waals surface area contributed by atoms with Crippen molar-refractivity contribution in [3.05, 3.63) is 51.9 Å². The third-order valence-corrected chi connectivity index (χ3v) is 3.58. The first-order chi connectivity index (χ1) is 9.13. The van der Waals surface area contributed by atoms with Crippen LogP contribution in [0.3, 0.4) is 0 Å². The number of hydrogen-bond donors (Lipinski definition) is 1. The lowest BCUT2D eigenvalue weighted by Gasteiger charge is -2.06. The molecule has 2 aromatic rings. The van der Waals surface area contributed by atoms with Crippen molar-refractivity contribution in [3.8, 4) is 0 Å². The molecule has 1 amide bonds. The summed E-state index contributed by atoms with van der Waals surface area (Å²) in [6.07, 6.45) is 0. The van der Waals surface area contributed by atoms with Crippen LogP contribution in [0.1, 0.15) is 20.7 Å². The van der Waals surface area contributed by atoms with Crippen molar-refractivity contribution in [1.82, 2.24) is 0 Å². The standard InChI is InChI=1S/C13H10ClNO3S/c1-18-13(17)9-6-7-19-12(9)15-11(16)8-4-2-3-5-10(8)14/h2-7H,1H3,(H,15,16). The van der Waals surface area contributed by atoms with Crippen LogP contribution in [0, 0.1) is 0 Å². The van der Waals surface area contributed by atoms with Gasteiger partial charge >= 0.3 is 5.97 Å². The van der Waals surface area contributed by atoms with Crippen molar-refractivity contribution in [2.75, 3.05) is 12.4 Å². The van der Waals surface area contributed by atoms with E-state index in [1.54, 1.807) is 35.7 Å². The molecule has 0 bridgehead atoms. The van der Waals surface area contributed by atoms with Gasteiger partial charge in [-0.15, -0.1) is 11.3 Å². The maximum absolute atomic E-state index is 12.1. The lowest BCUT2D eigenvalue weighted by molar-refractivity contribution is 0.0602. The molecule has 0 saturated heterocycles. The van der Waals surface area contributed by atoms with E-state index in [9.17, 15) is 9.59 Å². The normalized spacial score (nSPS) is 10.0. The SMILES string of the molecule is COC(=O)c1ccsc1NC(=O)c1ccccc1Cl. The van der Waals surface area contributed by atoms with Crippen LogP contribution in [0.25, 0.3) is 0 Å². The summed E-state index contributed by atoms with van der Waals surface area (Å²) in [6, 6.07) is 8.30. The van der Waals surface area contributed by atoms with E-state index in [1.165, 1.54) is 18.4 Å². The van der Waals surface area contributed by atoms with E-state index < -0.39 is 5.97 Å². The predicted octanol–water partition coefficient (Wildman–Crippen LogP) is 3.44. The molecule has 0 saturated carbocycles. The zero-order valence-corrected chi connectivity index (χ0v) is 11.5. The first kappa shape index (κ1) is 13.6. The number of carbonyl (C=O) groups excluding carboxylic acids is 2. The summed E-state index contributed by atoms with van der Waals surface area (Å²) in [4.78, 5) is 23.5. The number of hydrogen-bond acceptors (Lipinski definition) is 4. The molecule has 0 radical (unpaired) electrons. The Morgan fingerprint density at radius 1 is 1.21 bits per heavy atom. The first-order valence-electron chi connectivity index (χ1n) is 5.35. The average molecular weight is 296 g/mol. The van der Waals surface area contributed by atoms with E-state index in [0.29, 0.717) is 21.2 Å². The number of thiophene rings is 1. The lowest BCUT2D eigenvalue weighted by atomic mass is 10.2. The van der Waals surface area contributed by atoms with E-state index in [1.807, 2.05) is 0 Å². The zero-order valence-electron chi connectivity index (χ0n) is 9.98. The molecule has 0 atom stereocenters. The second-order valence-corrected chi connectivity index (χ2v) is 4.91. The van der Waals surface area contributed by atoms with Crippen LogP contribution in [0.15, 0.2) is 35.7 Å². The third-order valence-electron chi connectivity index (χ3n) is 2.42. The molecule has 19 heavy (non-hydrogen) atoms. The van der Waals surface area contributed by atoms with Gasteiger partial charge in [0.05, 0.1) is 23.3 Å². The van der Waals surface area contributed by atoms with E-state index in [0.717, 1.165) is 0 Å². The van der Waals surface area contributed by atoms with Crippen LogP contribution in [0.5, 0.6) is 0 Å². The fourth-order valence-corrected chi connectivity index (χ4v) is 2.48. The van der Waals surface area contributed by atoms with Crippen LogP contribution >= 0.6 is 22.9 Å². The number of nitrogens with one attached hydrogen (secondary N) is 1. The van der Waals surface area contributed by atoms with Gasteiger partial charge in [-0.2, -0.15) is 0 Å². The molecule has 1 aromatic carbocycles. The second kappa shape index (κ2) is 5.86. The Morgan fingerprint density at radius 3 is 2.63 bits per heavy atom. The highest BCUT2D eigenvalue weighted by molar-refractivity contribution is 7.14. The van der Waals surface area contributed by atoms with Crippen molar-refractivity contribution in [2.45, 2.75) is 0 Å². The maximum Gasteiger partial charge on any atom is 0.340 e. The Bertz CT molecular complexity index is 624. The van der Waals surface area contributed by atoms with Crippen LogP contribution in [-0.2, 0) is 4.74 Å². The summed E-state index contributed by atoms with van der Waals surface area (Å²) < 4.78 is 4.64. The van der Waals surface area contributed by atoms with Gasteiger partial charge in [0.2, 0.25) is 0 Å². The van der Waals surface area contributed by atoms with E-state index in [4.69, 9.17) is 11.6 Å². The number of ether oxygens (including phenoxy) is 1. The molecule has 1 heterocycles. The molecule has 0 spiro atoms. The number of benzene rings is 1. The van der Waals surface area contributed by atoms with Gasteiger partial charge in [-0.25, -0.2) is 4.79 Å². The number of halogens is 1. The summed E-state index contributed by atoms with van der Waals surface area (Å²) in [7, 11) is 1.29. The number of esters is 1. The molecular weight excluding hydrogens is 286 g/mol.